The largest absolute Gasteiger partial charge is 0.327 e. The van der Waals surface area contributed by atoms with E-state index in [2.05, 4.69) is 18.1 Å². The molecule has 1 aliphatic carbocycles. The number of hydrogen-bond donors (Lipinski definition) is 1. The van der Waals surface area contributed by atoms with Gasteiger partial charge >= 0.3 is 0 Å². The van der Waals surface area contributed by atoms with Crippen LogP contribution < -0.4 is 5.73 Å². The molecule has 3 nitrogen and oxygen atoms in total. The summed E-state index contributed by atoms with van der Waals surface area (Å²) in [6, 6.07) is 2.46. The molecule has 3 unspecified atom stereocenters. The second-order valence-corrected chi connectivity index (χ2v) is 4.53. The van der Waals surface area contributed by atoms with Gasteiger partial charge in [0.15, 0.2) is 0 Å². The van der Waals surface area contributed by atoms with Crippen LogP contribution in [0.25, 0.3) is 0 Å². The standard InChI is InChI=1S/C11H19N3/c1-8-7-10(8)11(12)4-3-9-5-6-13-14(9)2/h5-6,8,10-11H,3-4,7,12H2,1-2H3. The maximum atomic E-state index is 6.11. The van der Waals surface area contributed by atoms with Gasteiger partial charge in [-0.3, -0.25) is 4.68 Å². The van der Waals surface area contributed by atoms with Gasteiger partial charge in [0.05, 0.1) is 0 Å². The zero-order chi connectivity index (χ0) is 10.1. The summed E-state index contributed by atoms with van der Waals surface area (Å²) in [7, 11) is 1.99. The first-order valence-corrected chi connectivity index (χ1v) is 5.41. The van der Waals surface area contributed by atoms with Crippen LogP contribution >= 0.6 is 0 Å². The average Bonchev–Trinajstić information content (AvgIpc) is 2.74. The lowest BCUT2D eigenvalue weighted by Gasteiger charge is -2.10. The predicted octanol–water partition coefficient (Wildman–Crippen LogP) is 1.34. The van der Waals surface area contributed by atoms with Crippen molar-refractivity contribution in [1.29, 1.82) is 0 Å². The zero-order valence-corrected chi connectivity index (χ0v) is 8.98. The molecule has 0 bridgehead atoms. The molecule has 0 saturated heterocycles. The fourth-order valence-corrected chi connectivity index (χ4v) is 2.12. The number of aryl methyl sites for hydroxylation is 2. The molecule has 78 valence electrons. The molecule has 1 aromatic heterocycles. The third-order valence-corrected chi connectivity index (χ3v) is 3.38. The summed E-state index contributed by atoms with van der Waals surface area (Å²) >= 11 is 0. The van der Waals surface area contributed by atoms with E-state index < -0.39 is 0 Å². The van der Waals surface area contributed by atoms with Crippen LogP contribution in [-0.2, 0) is 13.5 Å². The van der Waals surface area contributed by atoms with E-state index in [1.54, 1.807) is 0 Å². The van der Waals surface area contributed by atoms with Gasteiger partial charge in [-0.15, -0.1) is 0 Å². The molecule has 0 radical (unpaired) electrons. The van der Waals surface area contributed by atoms with Gasteiger partial charge in [-0.1, -0.05) is 6.92 Å². The van der Waals surface area contributed by atoms with E-state index in [1.807, 2.05) is 17.9 Å². The van der Waals surface area contributed by atoms with Crippen LogP contribution in [0.15, 0.2) is 12.3 Å². The van der Waals surface area contributed by atoms with Gasteiger partial charge < -0.3 is 5.73 Å². The smallest absolute Gasteiger partial charge is 0.0492 e. The molecule has 14 heavy (non-hydrogen) atoms. The maximum absolute atomic E-state index is 6.11. The molecule has 1 aromatic rings. The van der Waals surface area contributed by atoms with Crippen molar-refractivity contribution in [2.75, 3.05) is 0 Å². The first-order chi connectivity index (χ1) is 6.68. The van der Waals surface area contributed by atoms with E-state index >= 15 is 0 Å². The molecule has 1 saturated carbocycles. The molecule has 2 rings (SSSR count). The number of nitrogens with zero attached hydrogens (tertiary/aromatic N) is 2. The summed E-state index contributed by atoms with van der Waals surface area (Å²) in [5.41, 5.74) is 7.39. The predicted molar refractivity (Wildman–Crippen MR) is 56.8 cm³/mol. The highest BCUT2D eigenvalue weighted by atomic mass is 15.2. The van der Waals surface area contributed by atoms with Crippen molar-refractivity contribution in [3.8, 4) is 0 Å². The van der Waals surface area contributed by atoms with E-state index in [-0.39, 0.29) is 0 Å². The molecule has 1 aliphatic rings. The van der Waals surface area contributed by atoms with Crippen molar-refractivity contribution < 1.29 is 0 Å². The lowest BCUT2D eigenvalue weighted by atomic mass is 10.1. The molecule has 2 N–H and O–H groups in total. The molecule has 0 spiro atoms. The highest BCUT2D eigenvalue weighted by Crippen LogP contribution is 2.40. The van der Waals surface area contributed by atoms with E-state index in [0.29, 0.717) is 6.04 Å². The van der Waals surface area contributed by atoms with Gasteiger partial charge in [0.1, 0.15) is 0 Å². The Bertz CT molecular complexity index is 305. The number of aromatic nitrogens is 2. The van der Waals surface area contributed by atoms with E-state index in [9.17, 15) is 0 Å². The van der Waals surface area contributed by atoms with Crippen LogP contribution in [0.3, 0.4) is 0 Å². The van der Waals surface area contributed by atoms with E-state index in [4.69, 9.17) is 5.73 Å². The van der Waals surface area contributed by atoms with Crippen LogP contribution in [0.1, 0.15) is 25.5 Å². The molecule has 1 fully saturated rings. The summed E-state index contributed by atoms with van der Waals surface area (Å²) in [6.45, 7) is 2.29. The molecular formula is C11H19N3. The third-order valence-electron chi connectivity index (χ3n) is 3.38. The van der Waals surface area contributed by atoms with Gasteiger partial charge in [0.2, 0.25) is 0 Å². The molecule has 0 amide bonds. The first-order valence-electron chi connectivity index (χ1n) is 5.41. The number of rotatable bonds is 4. The van der Waals surface area contributed by atoms with Crippen molar-refractivity contribution in [1.82, 2.24) is 9.78 Å². The highest BCUT2D eigenvalue weighted by Gasteiger charge is 2.37. The normalized spacial score (nSPS) is 27.6. The van der Waals surface area contributed by atoms with Crippen LogP contribution in [0.4, 0.5) is 0 Å². The molecule has 3 atom stereocenters. The Balaban J connectivity index is 1.80. The van der Waals surface area contributed by atoms with Gasteiger partial charge in [-0.2, -0.15) is 5.10 Å². The summed E-state index contributed by atoms with van der Waals surface area (Å²) in [4.78, 5) is 0. The Morgan fingerprint density at radius 3 is 2.93 bits per heavy atom. The zero-order valence-electron chi connectivity index (χ0n) is 8.98. The quantitative estimate of drug-likeness (QED) is 0.784. The molecule has 3 heteroatoms. The van der Waals surface area contributed by atoms with Crippen molar-refractivity contribution in [2.24, 2.45) is 24.6 Å². The fraction of sp³-hybridized carbons (Fsp3) is 0.727. The van der Waals surface area contributed by atoms with Crippen LogP contribution in [0, 0.1) is 11.8 Å². The Morgan fingerprint density at radius 2 is 2.43 bits per heavy atom. The SMILES string of the molecule is CC1CC1C(N)CCc1ccnn1C. The molecule has 1 heterocycles. The van der Waals surface area contributed by atoms with Gasteiger partial charge in [0.25, 0.3) is 0 Å². The lowest BCUT2D eigenvalue weighted by Crippen LogP contribution is -2.24. The topological polar surface area (TPSA) is 43.8 Å². The number of hydrogen-bond acceptors (Lipinski definition) is 2. The maximum Gasteiger partial charge on any atom is 0.0492 e. The number of nitrogens with two attached hydrogens (primary N) is 1. The summed E-state index contributed by atoms with van der Waals surface area (Å²) < 4.78 is 1.93. The van der Waals surface area contributed by atoms with Crippen molar-refractivity contribution >= 4 is 0 Å². The fourth-order valence-electron chi connectivity index (χ4n) is 2.12. The summed E-state index contributed by atoms with van der Waals surface area (Å²) in [5.74, 6) is 1.64. The molecular weight excluding hydrogens is 174 g/mol. The highest BCUT2D eigenvalue weighted by molar-refractivity contribution is 5.01. The second-order valence-electron chi connectivity index (χ2n) is 4.53. The summed E-state index contributed by atoms with van der Waals surface area (Å²) in [6.07, 6.45) is 5.32. The van der Waals surface area contributed by atoms with Gasteiger partial charge in [-0.25, -0.2) is 0 Å². The first kappa shape index (κ1) is 9.71. The minimum absolute atomic E-state index is 0.389. The monoisotopic (exact) mass is 193 g/mol. The van der Waals surface area contributed by atoms with Crippen LogP contribution in [0.5, 0.6) is 0 Å². The second kappa shape index (κ2) is 3.73. The van der Waals surface area contributed by atoms with Gasteiger partial charge in [-0.05, 0) is 37.2 Å². The average molecular weight is 193 g/mol. The Kier molecular flexibility index (Phi) is 2.59. The summed E-state index contributed by atoms with van der Waals surface area (Å²) in [5, 5.41) is 4.15. The van der Waals surface area contributed by atoms with Gasteiger partial charge in [0, 0.05) is 25.0 Å². The lowest BCUT2D eigenvalue weighted by molar-refractivity contribution is 0.515. The Labute approximate surface area is 85.3 Å². The van der Waals surface area contributed by atoms with Crippen LogP contribution in [-0.4, -0.2) is 15.8 Å². The van der Waals surface area contributed by atoms with Crippen LogP contribution in [0.2, 0.25) is 0 Å². The molecule has 0 aromatic carbocycles. The minimum Gasteiger partial charge on any atom is -0.327 e. The van der Waals surface area contributed by atoms with E-state index in [1.165, 1.54) is 12.1 Å². The Hall–Kier alpha value is -0.830. The Morgan fingerprint density at radius 1 is 1.71 bits per heavy atom. The van der Waals surface area contributed by atoms with E-state index in [0.717, 1.165) is 24.7 Å². The van der Waals surface area contributed by atoms with Crippen molar-refractivity contribution in [3.63, 3.8) is 0 Å². The molecule has 0 aliphatic heterocycles. The van der Waals surface area contributed by atoms with Crippen molar-refractivity contribution in [3.05, 3.63) is 18.0 Å². The minimum atomic E-state index is 0.389. The van der Waals surface area contributed by atoms with Crippen molar-refractivity contribution in [2.45, 2.75) is 32.2 Å². The third kappa shape index (κ3) is 1.98.